The van der Waals surface area contributed by atoms with Gasteiger partial charge in [-0.3, -0.25) is 14.9 Å². The quantitative estimate of drug-likeness (QED) is 0.471. The summed E-state index contributed by atoms with van der Waals surface area (Å²) in [5, 5.41) is 22.2. The number of benzene rings is 2. The van der Waals surface area contributed by atoms with E-state index in [1.807, 2.05) is 0 Å². The predicted octanol–water partition coefficient (Wildman–Crippen LogP) is 2.19. The molecular formula is C17H16N2O6. The smallest absolute Gasteiger partial charge is 0.338 e. The van der Waals surface area contributed by atoms with Crippen LogP contribution >= 0.6 is 0 Å². The Balaban J connectivity index is 1.91. The number of aliphatic hydroxyl groups is 1. The number of rotatable bonds is 6. The molecule has 0 saturated heterocycles. The van der Waals surface area contributed by atoms with Crippen molar-refractivity contribution in [2.45, 2.75) is 13.5 Å². The van der Waals surface area contributed by atoms with Crippen molar-refractivity contribution in [1.82, 2.24) is 0 Å². The van der Waals surface area contributed by atoms with E-state index in [1.165, 1.54) is 30.3 Å². The van der Waals surface area contributed by atoms with E-state index in [0.29, 0.717) is 16.8 Å². The standard InChI is InChI=1S/C17H16N2O6/c1-11-8-14(19(23)24)6-7-15(11)18-16(21)10-25-17(22)13-4-2-12(9-20)3-5-13/h2-8,20H,9-10H2,1H3,(H,18,21). The summed E-state index contributed by atoms with van der Waals surface area (Å²) < 4.78 is 4.92. The Bertz CT molecular complexity index is 801. The second-order valence-electron chi connectivity index (χ2n) is 5.24. The molecule has 0 spiro atoms. The highest BCUT2D eigenvalue weighted by Crippen LogP contribution is 2.21. The summed E-state index contributed by atoms with van der Waals surface area (Å²) in [6, 6.07) is 10.2. The number of nitro benzene ring substituents is 1. The van der Waals surface area contributed by atoms with Crippen molar-refractivity contribution in [3.8, 4) is 0 Å². The molecule has 0 saturated carbocycles. The fourth-order valence-electron chi connectivity index (χ4n) is 2.05. The van der Waals surface area contributed by atoms with Gasteiger partial charge < -0.3 is 15.2 Å². The number of nitrogens with zero attached hydrogens (tertiary/aromatic N) is 1. The highest BCUT2D eigenvalue weighted by atomic mass is 16.6. The minimum atomic E-state index is -0.667. The van der Waals surface area contributed by atoms with Gasteiger partial charge in [0, 0.05) is 17.8 Å². The third-order valence-corrected chi connectivity index (χ3v) is 3.40. The predicted molar refractivity (Wildman–Crippen MR) is 89.1 cm³/mol. The molecule has 0 aromatic heterocycles. The molecule has 2 rings (SSSR count). The molecule has 0 atom stereocenters. The number of hydrogen-bond acceptors (Lipinski definition) is 6. The van der Waals surface area contributed by atoms with Gasteiger partial charge in [-0.2, -0.15) is 0 Å². The third kappa shape index (κ3) is 4.85. The minimum Gasteiger partial charge on any atom is -0.452 e. The average Bonchev–Trinajstić information content (AvgIpc) is 2.61. The number of nitro groups is 1. The van der Waals surface area contributed by atoms with Crippen LogP contribution in [0.25, 0.3) is 0 Å². The SMILES string of the molecule is Cc1cc([N+](=O)[O-])ccc1NC(=O)COC(=O)c1ccc(CO)cc1. The first-order valence-corrected chi connectivity index (χ1v) is 7.32. The van der Waals surface area contributed by atoms with E-state index in [2.05, 4.69) is 5.32 Å². The molecule has 8 heteroatoms. The van der Waals surface area contributed by atoms with E-state index in [-0.39, 0.29) is 17.9 Å². The second kappa shape index (κ2) is 8.02. The number of nitrogens with one attached hydrogen (secondary N) is 1. The van der Waals surface area contributed by atoms with E-state index in [9.17, 15) is 19.7 Å². The molecule has 0 bridgehead atoms. The Kier molecular flexibility index (Phi) is 5.80. The maximum absolute atomic E-state index is 11.9. The lowest BCUT2D eigenvalue weighted by molar-refractivity contribution is -0.384. The molecule has 2 aromatic carbocycles. The molecule has 0 aliphatic heterocycles. The summed E-state index contributed by atoms with van der Waals surface area (Å²) in [5.74, 6) is -1.22. The summed E-state index contributed by atoms with van der Waals surface area (Å²) in [6.45, 7) is 1.00. The van der Waals surface area contributed by atoms with Crippen LogP contribution in [0.3, 0.4) is 0 Å². The lowest BCUT2D eigenvalue weighted by Crippen LogP contribution is -2.21. The van der Waals surface area contributed by atoms with Crippen LogP contribution in [0.5, 0.6) is 0 Å². The van der Waals surface area contributed by atoms with Gasteiger partial charge in [-0.1, -0.05) is 12.1 Å². The Hall–Kier alpha value is -3.26. The number of anilines is 1. The lowest BCUT2D eigenvalue weighted by atomic mass is 10.1. The molecule has 2 aromatic rings. The molecule has 0 radical (unpaired) electrons. The number of ether oxygens (including phenoxy) is 1. The van der Waals surface area contributed by atoms with Crippen LogP contribution in [-0.4, -0.2) is 28.5 Å². The van der Waals surface area contributed by atoms with Crippen LogP contribution in [0.1, 0.15) is 21.5 Å². The zero-order valence-corrected chi connectivity index (χ0v) is 13.4. The van der Waals surface area contributed by atoms with E-state index in [0.717, 1.165) is 0 Å². The van der Waals surface area contributed by atoms with Gasteiger partial charge in [0.2, 0.25) is 0 Å². The van der Waals surface area contributed by atoms with Crippen molar-refractivity contribution < 1.29 is 24.4 Å². The van der Waals surface area contributed by atoms with Crippen molar-refractivity contribution >= 4 is 23.3 Å². The molecule has 0 aliphatic rings. The van der Waals surface area contributed by atoms with Gasteiger partial charge in [0.05, 0.1) is 17.1 Å². The maximum Gasteiger partial charge on any atom is 0.338 e. The first-order chi connectivity index (χ1) is 11.9. The van der Waals surface area contributed by atoms with Gasteiger partial charge in [0.25, 0.3) is 11.6 Å². The summed E-state index contributed by atoms with van der Waals surface area (Å²) >= 11 is 0. The molecule has 0 aliphatic carbocycles. The molecule has 8 nitrogen and oxygen atoms in total. The van der Waals surface area contributed by atoms with Crippen molar-refractivity contribution in [1.29, 1.82) is 0 Å². The highest BCUT2D eigenvalue weighted by molar-refractivity contribution is 5.96. The van der Waals surface area contributed by atoms with Crippen LogP contribution in [-0.2, 0) is 16.1 Å². The average molecular weight is 344 g/mol. The third-order valence-electron chi connectivity index (χ3n) is 3.40. The van der Waals surface area contributed by atoms with Crippen LogP contribution in [0, 0.1) is 17.0 Å². The zero-order chi connectivity index (χ0) is 18.4. The first kappa shape index (κ1) is 18.1. The van der Waals surface area contributed by atoms with Crippen molar-refractivity contribution in [2.75, 3.05) is 11.9 Å². The van der Waals surface area contributed by atoms with Crippen LogP contribution < -0.4 is 5.32 Å². The van der Waals surface area contributed by atoms with E-state index in [1.54, 1.807) is 19.1 Å². The topological polar surface area (TPSA) is 119 Å². The Morgan fingerprint density at radius 3 is 2.44 bits per heavy atom. The molecule has 1 amide bonds. The number of esters is 1. The maximum atomic E-state index is 11.9. The molecule has 0 unspecified atom stereocenters. The lowest BCUT2D eigenvalue weighted by Gasteiger charge is -2.09. The van der Waals surface area contributed by atoms with E-state index >= 15 is 0 Å². The minimum absolute atomic E-state index is 0.0757. The van der Waals surface area contributed by atoms with Gasteiger partial charge >= 0.3 is 5.97 Å². The normalized spacial score (nSPS) is 10.2. The van der Waals surface area contributed by atoms with Crippen molar-refractivity contribution in [3.05, 3.63) is 69.3 Å². The van der Waals surface area contributed by atoms with E-state index in [4.69, 9.17) is 9.84 Å². The fourth-order valence-corrected chi connectivity index (χ4v) is 2.05. The summed E-state index contributed by atoms with van der Waals surface area (Å²) in [6.07, 6.45) is 0. The number of hydrogen-bond donors (Lipinski definition) is 2. The summed E-state index contributed by atoms with van der Waals surface area (Å²) in [7, 11) is 0. The Labute approximate surface area is 143 Å². The summed E-state index contributed by atoms with van der Waals surface area (Å²) in [5.41, 5.74) is 1.76. The number of carbonyl (C=O) groups excluding carboxylic acids is 2. The summed E-state index contributed by atoms with van der Waals surface area (Å²) in [4.78, 5) is 33.9. The number of amides is 1. The van der Waals surface area contributed by atoms with Crippen molar-refractivity contribution in [3.63, 3.8) is 0 Å². The molecular weight excluding hydrogens is 328 g/mol. The van der Waals surface area contributed by atoms with Crippen LogP contribution in [0.2, 0.25) is 0 Å². The van der Waals surface area contributed by atoms with Gasteiger partial charge in [0.1, 0.15) is 0 Å². The van der Waals surface area contributed by atoms with Crippen LogP contribution in [0.4, 0.5) is 11.4 Å². The highest BCUT2D eigenvalue weighted by Gasteiger charge is 2.13. The molecule has 2 N–H and O–H groups in total. The van der Waals surface area contributed by atoms with Gasteiger partial charge in [0.15, 0.2) is 6.61 Å². The van der Waals surface area contributed by atoms with Gasteiger partial charge in [-0.25, -0.2) is 4.79 Å². The van der Waals surface area contributed by atoms with E-state index < -0.39 is 23.4 Å². The zero-order valence-electron chi connectivity index (χ0n) is 13.4. The number of aliphatic hydroxyl groups excluding tert-OH is 1. The Morgan fingerprint density at radius 1 is 1.20 bits per heavy atom. The number of aryl methyl sites for hydroxylation is 1. The second-order valence-corrected chi connectivity index (χ2v) is 5.24. The van der Waals surface area contributed by atoms with Crippen molar-refractivity contribution in [2.24, 2.45) is 0 Å². The molecule has 130 valence electrons. The monoisotopic (exact) mass is 344 g/mol. The van der Waals surface area contributed by atoms with Crippen LogP contribution in [0.15, 0.2) is 42.5 Å². The molecule has 0 heterocycles. The largest absolute Gasteiger partial charge is 0.452 e. The Morgan fingerprint density at radius 2 is 1.88 bits per heavy atom. The number of non-ortho nitro benzene ring substituents is 1. The molecule has 0 fully saturated rings. The number of carbonyl (C=O) groups is 2. The first-order valence-electron chi connectivity index (χ1n) is 7.32. The molecule has 25 heavy (non-hydrogen) atoms. The van der Waals surface area contributed by atoms with Gasteiger partial charge in [-0.15, -0.1) is 0 Å². The fraction of sp³-hybridized carbons (Fsp3) is 0.176. The van der Waals surface area contributed by atoms with Gasteiger partial charge in [-0.05, 0) is 36.2 Å².